The highest BCUT2D eigenvalue weighted by molar-refractivity contribution is 5.79. The second-order valence-electron chi connectivity index (χ2n) is 7.74. The van der Waals surface area contributed by atoms with Crippen molar-refractivity contribution in [1.82, 2.24) is 30.1 Å². The van der Waals surface area contributed by atoms with Crippen LogP contribution in [0.25, 0.3) is 10.9 Å². The lowest BCUT2D eigenvalue weighted by Gasteiger charge is -2.21. The van der Waals surface area contributed by atoms with E-state index < -0.39 is 0 Å². The van der Waals surface area contributed by atoms with Crippen molar-refractivity contribution in [1.29, 1.82) is 0 Å². The highest BCUT2D eigenvalue weighted by Crippen LogP contribution is 2.15. The maximum atomic E-state index is 12.7. The molecule has 0 saturated heterocycles. The van der Waals surface area contributed by atoms with Gasteiger partial charge in [0, 0.05) is 30.8 Å². The molecule has 8 heteroatoms. The number of pyridine rings is 1. The van der Waals surface area contributed by atoms with Crippen LogP contribution >= 0.6 is 0 Å². The normalized spacial score (nSPS) is 11.5. The van der Waals surface area contributed by atoms with E-state index in [0.29, 0.717) is 38.2 Å². The number of aromatic amines is 1. The fourth-order valence-corrected chi connectivity index (χ4v) is 3.65. The van der Waals surface area contributed by atoms with Gasteiger partial charge in [-0.3, -0.25) is 9.69 Å². The molecule has 4 aromatic rings. The molecule has 0 fully saturated rings. The van der Waals surface area contributed by atoms with Crippen molar-refractivity contribution >= 4 is 10.9 Å². The second kappa shape index (κ2) is 9.63. The van der Waals surface area contributed by atoms with Gasteiger partial charge in [0.05, 0.1) is 13.1 Å². The van der Waals surface area contributed by atoms with Gasteiger partial charge in [-0.05, 0) is 52.9 Å². The molecule has 0 radical (unpaired) electrons. The summed E-state index contributed by atoms with van der Waals surface area (Å²) in [5, 5.41) is 22.5. The van der Waals surface area contributed by atoms with Crippen LogP contribution in [0.4, 0.5) is 0 Å². The number of hydrogen-bond acceptors (Lipinski definition) is 6. The van der Waals surface area contributed by atoms with E-state index >= 15 is 0 Å². The Hall–Kier alpha value is -3.36. The number of H-pyrrole nitrogens is 1. The van der Waals surface area contributed by atoms with Gasteiger partial charge in [0.25, 0.3) is 5.56 Å². The van der Waals surface area contributed by atoms with Crippen molar-refractivity contribution in [2.75, 3.05) is 13.2 Å². The van der Waals surface area contributed by atoms with Crippen molar-refractivity contribution in [2.24, 2.45) is 0 Å². The average Bonchev–Trinajstić information content (AvgIpc) is 3.20. The van der Waals surface area contributed by atoms with Crippen molar-refractivity contribution in [3.63, 3.8) is 0 Å². The number of nitrogens with one attached hydrogen (secondary N) is 1. The Balaban J connectivity index is 1.56. The molecule has 0 aliphatic heterocycles. The van der Waals surface area contributed by atoms with E-state index in [0.717, 1.165) is 27.9 Å². The van der Waals surface area contributed by atoms with Crippen LogP contribution < -0.4 is 5.56 Å². The Labute approximate surface area is 180 Å². The predicted molar refractivity (Wildman–Crippen MR) is 118 cm³/mol. The van der Waals surface area contributed by atoms with Crippen molar-refractivity contribution in [2.45, 2.75) is 33.0 Å². The molecule has 8 nitrogen and oxygen atoms in total. The van der Waals surface area contributed by atoms with E-state index in [2.05, 4.69) is 31.5 Å². The van der Waals surface area contributed by atoms with Crippen LogP contribution in [-0.2, 0) is 19.6 Å². The number of hydrogen-bond donors (Lipinski definition) is 2. The van der Waals surface area contributed by atoms with Crippen LogP contribution in [0.5, 0.6) is 0 Å². The molecule has 0 atom stereocenters. The van der Waals surface area contributed by atoms with Crippen molar-refractivity contribution in [3.8, 4) is 0 Å². The molecule has 2 N–H and O–H groups in total. The zero-order chi connectivity index (χ0) is 21.6. The van der Waals surface area contributed by atoms with E-state index in [4.69, 9.17) is 0 Å². The molecule has 4 rings (SSSR count). The van der Waals surface area contributed by atoms with Gasteiger partial charge >= 0.3 is 0 Å². The zero-order valence-electron chi connectivity index (χ0n) is 17.5. The molecule has 160 valence electrons. The summed E-state index contributed by atoms with van der Waals surface area (Å²) in [6.07, 6.45) is 0.602. The molecule has 0 aliphatic rings. The molecular formula is C23H26N6O2. The molecule has 0 unspecified atom stereocenters. The number of aryl methyl sites for hydroxylation is 1. The van der Waals surface area contributed by atoms with Gasteiger partial charge in [-0.2, -0.15) is 0 Å². The smallest absolute Gasteiger partial charge is 0.252 e. The zero-order valence-corrected chi connectivity index (χ0v) is 17.5. The first-order chi connectivity index (χ1) is 15.1. The summed E-state index contributed by atoms with van der Waals surface area (Å²) in [5.74, 6) is 0.717. The Morgan fingerprint density at radius 1 is 1.10 bits per heavy atom. The fourth-order valence-electron chi connectivity index (χ4n) is 3.65. The summed E-state index contributed by atoms with van der Waals surface area (Å²) in [6.45, 7) is 4.23. The third-order valence-corrected chi connectivity index (χ3v) is 5.25. The minimum absolute atomic E-state index is 0.0821. The summed E-state index contributed by atoms with van der Waals surface area (Å²) in [4.78, 5) is 17.7. The Morgan fingerprint density at radius 3 is 2.74 bits per heavy atom. The molecule has 2 aromatic heterocycles. The maximum Gasteiger partial charge on any atom is 0.252 e. The highest BCUT2D eigenvalue weighted by Gasteiger charge is 2.15. The van der Waals surface area contributed by atoms with Crippen LogP contribution in [0.3, 0.4) is 0 Å². The lowest BCUT2D eigenvalue weighted by Crippen LogP contribution is -2.29. The van der Waals surface area contributed by atoms with E-state index in [1.807, 2.05) is 55.5 Å². The lowest BCUT2D eigenvalue weighted by molar-refractivity contribution is 0.206. The van der Waals surface area contributed by atoms with Crippen LogP contribution in [0.1, 0.15) is 28.9 Å². The van der Waals surface area contributed by atoms with Crippen LogP contribution in [-0.4, -0.2) is 48.3 Å². The van der Waals surface area contributed by atoms with Crippen LogP contribution in [0, 0.1) is 6.92 Å². The number of nitrogens with zero attached hydrogens (tertiary/aromatic N) is 5. The molecule has 0 spiro atoms. The summed E-state index contributed by atoms with van der Waals surface area (Å²) in [7, 11) is 0. The standard InChI is InChI=1S/C23H26N6O2/c1-17-8-9-21-19(12-17)13-20(23(31)24-21)15-28(10-5-11-30)16-22-25-26-27-29(22)14-18-6-3-2-4-7-18/h2-4,6-9,12-13,30H,5,10-11,14-16H2,1H3,(H,24,31). The predicted octanol–water partition coefficient (Wildman–Crippen LogP) is 2.26. The molecule has 0 amide bonds. The van der Waals surface area contributed by atoms with E-state index in [-0.39, 0.29) is 12.2 Å². The molecule has 2 heterocycles. The summed E-state index contributed by atoms with van der Waals surface area (Å²) in [5.41, 5.74) is 3.66. The van der Waals surface area contributed by atoms with Gasteiger partial charge in [-0.15, -0.1) is 5.10 Å². The van der Waals surface area contributed by atoms with E-state index in [9.17, 15) is 9.90 Å². The SMILES string of the molecule is Cc1ccc2[nH]c(=O)c(CN(CCCO)Cc3nnnn3Cc3ccccc3)cc2c1. The summed E-state index contributed by atoms with van der Waals surface area (Å²) in [6, 6.07) is 17.9. The van der Waals surface area contributed by atoms with E-state index in [1.54, 1.807) is 4.68 Å². The Bertz CT molecular complexity index is 1200. The topological polar surface area (TPSA) is 99.9 Å². The number of aliphatic hydroxyl groups excluding tert-OH is 1. The first-order valence-corrected chi connectivity index (χ1v) is 10.4. The molecule has 31 heavy (non-hydrogen) atoms. The number of fused-ring (bicyclic) bond motifs is 1. The quantitative estimate of drug-likeness (QED) is 0.433. The second-order valence-corrected chi connectivity index (χ2v) is 7.74. The number of rotatable bonds is 9. The Morgan fingerprint density at radius 2 is 1.94 bits per heavy atom. The molecule has 0 aliphatic carbocycles. The number of benzene rings is 2. The van der Waals surface area contributed by atoms with Crippen LogP contribution in [0.15, 0.2) is 59.4 Å². The minimum atomic E-state index is -0.103. The number of tetrazole rings is 1. The van der Waals surface area contributed by atoms with E-state index in [1.165, 1.54) is 0 Å². The van der Waals surface area contributed by atoms with Gasteiger partial charge in [0.15, 0.2) is 5.82 Å². The largest absolute Gasteiger partial charge is 0.396 e. The highest BCUT2D eigenvalue weighted by atomic mass is 16.3. The molecule has 2 aromatic carbocycles. The lowest BCUT2D eigenvalue weighted by atomic mass is 10.1. The van der Waals surface area contributed by atoms with Gasteiger partial charge < -0.3 is 10.1 Å². The van der Waals surface area contributed by atoms with Gasteiger partial charge in [0.1, 0.15) is 0 Å². The van der Waals surface area contributed by atoms with Gasteiger partial charge in [0.2, 0.25) is 0 Å². The molecular weight excluding hydrogens is 392 g/mol. The van der Waals surface area contributed by atoms with Crippen molar-refractivity contribution in [3.05, 3.63) is 87.5 Å². The summed E-state index contributed by atoms with van der Waals surface area (Å²) >= 11 is 0. The molecule has 0 saturated carbocycles. The minimum Gasteiger partial charge on any atom is -0.396 e. The first kappa shape index (κ1) is 20.9. The number of aromatic nitrogens is 5. The number of aliphatic hydroxyl groups is 1. The third-order valence-electron chi connectivity index (χ3n) is 5.25. The first-order valence-electron chi connectivity index (χ1n) is 10.4. The fraction of sp³-hybridized carbons (Fsp3) is 0.304. The maximum absolute atomic E-state index is 12.7. The van der Waals surface area contributed by atoms with Gasteiger partial charge in [-0.25, -0.2) is 4.68 Å². The molecule has 0 bridgehead atoms. The average molecular weight is 419 g/mol. The summed E-state index contributed by atoms with van der Waals surface area (Å²) < 4.78 is 1.77. The monoisotopic (exact) mass is 418 g/mol. The van der Waals surface area contributed by atoms with Crippen LogP contribution in [0.2, 0.25) is 0 Å². The van der Waals surface area contributed by atoms with Gasteiger partial charge in [-0.1, -0.05) is 42.0 Å². The van der Waals surface area contributed by atoms with Crippen molar-refractivity contribution < 1.29 is 5.11 Å². The Kier molecular flexibility index (Phi) is 6.49. The third kappa shape index (κ3) is 5.22.